The van der Waals surface area contributed by atoms with Crippen LogP contribution in [-0.4, -0.2) is 17.9 Å². The van der Waals surface area contributed by atoms with Gasteiger partial charge in [-0.3, -0.25) is 4.79 Å². The smallest absolute Gasteiger partial charge is 0.254 e. The van der Waals surface area contributed by atoms with Crippen molar-refractivity contribution in [1.29, 1.82) is 0 Å². The molecule has 24 heavy (non-hydrogen) atoms. The van der Waals surface area contributed by atoms with Crippen molar-refractivity contribution in [2.24, 2.45) is 0 Å². The Labute approximate surface area is 141 Å². The minimum absolute atomic E-state index is 0.0810. The number of nitrogens with zero attached hydrogens (tertiary/aromatic N) is 1. The lowest BCUT2D eigenvalue weighted by atomic mass is 10.2. The molecule has 3 rings (SSSR count). The first-order chi connectivity index (χ1) is 11.6. The number of furan rings is 1. The summed E-state index contributed by atoms with van der Waals surface area (Å²) in [7, 11) is 1.75. The highest BCUT2D eigenvalue weighted by Crippen LogP contribution is 2.22. The van der Waals surface area contributed by atoms with Gasteiger partial charge in [0, 0.05) is 12.6 Å². The molecule has 4 heteroatoms. The molecule has 0 N–H and O–H groups in total. The molecule has 0 atom stereocenters. The van der Waals surface area contributed by atoms with Gasteiger partial charge in [-0.05, 0) is 49.4 Å². The molecule has 0 fully saturated rings. The predicted molar refractivity (Wildman–Crippen MR) is 92.2 cm³/mol. The largest absolute Gasteiger partial charge is 0.464 e. The molecule has 0 saturated carbocycles. The maximum atomic E-state index is 12.6. The average molecular weight is 321 g/mol. The van der Waals surface area contributed by atoms with Crippen LogP contribution in [0.2, 0.25) is 0 Å². The fourth-order valence-corrected chi connectivity index (χ4v) is 2.41. The maximum absolute atomic E-state index is 12.6. The number of rotatable bonds is 5. The van der Waals surface area contributed by atoms with Gasteiger partial charge >= 0.3 is 0 Å². The van der Waals surface area contributed by atoms with Crippen molar-refractivity contribution in [1.82, 2.24) is 4.90 Å². The Morgan fingerprint density at radius 3 is 2.46 bits per heavy atom. The molecule has 1 heterocycles. The number of aryl methyl sites for hydroxylation is 1. The maximum Gasteiger partial charge on any atom is 0.254 e. The van der Waals surface area contributed by atoms with Crippen molar-refractivity contribution in [2.75, 3.05) is 7.05 Å². The first kappa shape index (κ1) is 15.9. The molecule has 4 nitrogen and oxygen atoms in total. The molecule has 1 amide bonds. The molecule has 122 valence electrons. The third kappa shape index (κ3) is 3.84. The quantitative estimate of drug-likeness (QED) is 0.687. The van der Waals surface area contributed by atoms with Crippen molar-refractivity contribution < 1.29 is 13.9 Å². The Bertz CT molecular complexity index is 824. The zero-order valence-corrected chi connectivity index (χ0v) is 13.7. The van der Waals surface area contributed by atoms with E-state index in [1.54, 1.807) is 24.1 Å². The summed E-state index contributed by atoms with van der Waals surface area (Å²) in [6.45, 7) is 2.31. The van der Waals surface area contributed by atoms with Gasteiger partial charge in [-0.25, -0.2) is 0 Å². The number of carbonyl (C=O) groups is 1. The highest BCUT2D eigenvalue weighted by molar-refractivity contribution is 5.94. The molecule has 0 saturated heterocycles. The van der Waals surface area contributed by atoms with Crippen molar-refractivity contribution in [3.05, 3.63) is 83.8 Å². The molecule has 1 aromatic heterocycles. The highest BCUT2D eigenvalue weighted by Gasteiger charge is 2.14. The van der Waals surface area contributed by atoms with Gasteiger partial charge < -0.3 is 14.1 Å². The number of hydrogen-bond acceptors (Lipinski definition) is 3. The highest BCUT2D eigenvalue weighted by atomic mass is 16.5. The second kappa shape index (κ2) is 7.04. The average Bonchev–Trinajstić information content (AvgIpc) is 3.00. The van der Waals surface area contributed by atoms with Crippen LogP contribution < -0.4 is 4.74 Å². The van der Waals surface area contributed by atoms with E-state index in [1.807, 2.05) is 61.5 Å². The lowest BCUT2D eigenvalue weighted by molar-refractivity contribution is 0.0774. The topological polar surface area (TPSA) is 42.7 Å². The molecular weight excluding hydrogens is 302 g/mol. The van der Waals surface area contributed by atoms with Crippen LogP contribution in [0.5, 0.6) is 11.5 Å². The van der Waals surface area contributed by atoms with Crippen LogP contribution in [-0.2, 0) is 6.54 Å². The molecule has 0 bridgehead atoms. The molecule has 0 aliphatic rings. The summed E-state index contributed by atoms with van der Waals surface area (Å²) < 4.78 is 11.3. The van der Waals surface area contributed by atoms with Crippen LogP contribution in [0.25, 0.3) is 0 Å². The van der Waals surface area contributed by atoms with Crippen molar-refractivity contribution >= 4 is 5.91 Å². The summed E-state index contributed by atoms with van der Waals surface area (Å²) in [6.07, 6.45) is 0. The summed E-state index contributed by atoms with van der Waals surface area (Å²) in [5.74, 6) is 2.89. The summed E-state index contributed by atoms with van der Waals surface area (Å²) >= 11 is 0. The Balaban J connectivity index is 1.71. The molecule has 0 aliphatic heterocycles. The first-order valence-corrected chi connectivity index (χ1v) is 7.75. The van der Waals surface area contributed by atoms with Gasteiger partial charge in [0.1, 0.15) is 23.0 Å². The number of para-hydroxylation sites is 1. The van der Waals surface area contributed by atoms with E-state index in [1.165, 1.54) is 0 Å². The Morgan fingerprint density at radius 1 is 1.00 bits per heavy atom. The second-order valence-corrected chi connectivity index (χ2v) is 5.62. The minimum Gasteiger partial charge on any atom is -0.464 e. The van der Waals surface area contributed by atoms with E-state index in [4.69, 9.17) is 9.15 Å². The van der Waals surface area contributed by atoms with Crippen LogP contribution >= 0.6 is 0 Å². The Hall–Kier alpha value is -3.01. The number of ether oxygens (including phenoxy) is 1. The van der Waals surface area contributed by atoms with Gasteiger partial charge in [0.25, 0.3) is 5.91 Å². The van der Waals surface area contributed by atoms with E-state index in [2.05, 4.69) is 0 Å². The summed E-state index contributed by atoms with van der Waals surface area (Å²) in [5, 5.41) is 0. The molecule has 0 aliphatic carbocycles. The zero-order valence-electron chi connectivity index (χ0n) is 13.7. The van der Waals surface area contributed by atoms with Crippen molar-refractivity contribution in [3.8, 4) is 11.5 Å². The normalized spacial score (nSPS) is 10.4. The molecule has 0 spiro atoms. The van der Waals surface area contributed by atoms with Gasteiger partial charge in [0.15, 0.2) is 0 Å². The molecular formula is C20H19NO3. The van der Waals surface area contributed by atoms with Crippen LogP contribution in [0, 0.1) is 6.92 Å². The Morgan fingerprint density at radius 2 is 1.75 bits per heavy atom. The van der Waals surface area contributed by atoms with E-state index >= 15 is 0 Å². The minimum atomic E-state index is -0.0810. The summed E-state index contributed by atoms with van der Waals surface area (Å²) in [6, 6.07) is 20.4. The van der Waals surface area contributed by atoms with Gasteiger partial charge in [-0.15, -0.1) is 0 Å². The second-order valence-electron chi connectivity index (χ2n) is 5.62. The van der Waals surface area contributed by atoms with Crippen molar-refractivity contribution in [2.45, 2.75) is 13.5 Å². The molecule has 0 radical (unpaired) electrons. The lowest BCUT2D eigenvalue weighted by Gasteiger charge is -2.16. The van der Waals surface area contributed by atoms with Gasteiger partial charge in [-0.2, -0.15) is 0 Å². The van der Waals surface area contributed by atoms with E-state index in [0.29, 0.717) is 17.9 Å². The zero-order chi connectivity index (χ0) is 16.9. The van der Waals surface area contributed by atoms with E-state index in [0.717, 1.165) is 17.3 Å². The van der Waals surface area contributed by atoms with Crippen LogP contribution in [0.1, 0.15) is 21.9 Å². The van der Waals surface area contributed by atoms with E-state index in [-0.39, 0.29) is 5.91 Å². The third-order valence-electron chi connectivity index (χ3n) is 3.60. The molecule has 3 aromatic rings. The number of hydrogen-bond donors (Lipinski definition) is 0. The van der Waals surface area contributed by atoms with E-state index in [9.17, 15) is 4.79 Å². The monoisotopic (exact) mass is 321 g/mol. The molecule has 0 unspecified atom stereocenters. The van der Waals surface area contributed by atoms with Gasteiger partial charge in [0.05, 0.1) is 6.54 Å². The Kier molecular flexibility index (Phi) is 4.66. The lowest BCUT2D eigenvalue weighted by Crippen LogP contribution is -2.25. The van der Waals surface area contributed by atoms with Gasteiger partial charge in [0.2, 0.25) is 0 Å². The SMILES string of the molecule is Cc1ccc(CN(C)C(=O)c2cccc(Oc3ccccc3)c2)o1. The third-order valence-corrected chi connectivity index (χ3v) is 3.60. The van der Waals surface area contributed by atoms with Crippen LogP contribution in [0.4, 0.5) is 0 Å². The first-order valence-electron chi connectivity index (χ1n) is 7.75. The number of amides is 1. The van der Waals surface area contributed by atoms with Crippen LogP contribution in [0.15, 0.2) is 71.1 Å². The fraction of sp³-hybridized carbons (Fsp3) is 0.150. The van der Waals surface area contributed by atoms with Crippen molar-refractivity contribution in [3.63, 3.8) is 0 Å². The number of benzene rings is 2. The summed E-state index contributed by atoms with van der Waals surface area (Å²) in [4.78, 5) is 14.2. The predicted octanol–water partition coefficient (Wildman–Crippen LogP) is 4.65. The van der Waals surface area contributed by atoms with Crippen LogP contribution in [0.3, 0.4) is 0 Å². The standard InChI is InChI=1S/C20H19NO3/c1-15-11-12-19(23-15)14-21(2)20(22)16-7-6-10-18(13-16)24-17-8-4-3-5-9-17/h3-13H,14H2,1-2H3. The fourth-order valence-electron chi connectivity index (χ4n) is 2.41. The summed E-state index contributed by atoms with van der Waals surface area (Å²) in [5.41, 5.74) is 0.578. The van der Waals surface area contributed by atoms with E-state index < -0.39 is 0 Å². The number of carbonyl (C=O) groups excluding carboxylic acids is 1. The molecule has 2 aromatic carbocycles. The van der Waals surface area contributed by atoms with Gasteiger partial charge in [-0.1, -0.05) is 24.3 Å².